The van der Waals surface area contributed by atoms with Crippen LogP contribution in [0, 0.1) is 5.92 Å². The highest BCUT2D eigenvalue weighted by atomic mass is 19.1. The molecule has 15 heavy (non-hydrogen) atoms. The molecular formula is C12H15FO2. The van der Waals surface area contributed by atoms with Gasteiger partial charge in [-0.3, -0.25) is 9.18 Å². The summed E-state index contributed by atoms with van der Waals surface area (Å²) >= 11 is 0. The van der Waals surface area contributed by atoms with E-state index < -0.39 is 5.97 Å². The summed E-state index contributed by atoms with van der Waals surface area (Å²) in [7, 11) is 0. The quantitative estimate of drug-likeness (QED) is 0.810. The first-order valence-electron chi connectivity index (χ1n) is 5.00. The summed E-state index contributed by atoms with van der Waals surface area (Å²) in [5.74, 6) is -1.17. The van der Waals surface area contributed by atoms with Crippen LogP contribution in [-0.2, 0) is 17.6 Å². The van der Waals surface area contributed by atoms with Crippen LogP contribution in [0.4, 0.5) is 4.39 Å². The van der Waals surface area contributed by atoms with E-state index in [1.165, 1.54) is 0 Å². The second kappa shape index (κ2) is 5.49. The Morgan fingerprint density at radius 3 is 2.33 bits per heavy atom. The molecule has 82 valence electrons. The Balaban J connectivity index is 2.60. The van der Waals surface area contributed by atoms with Gasteiger partial charge in [0.15, 0.2) is 0 Å². The molecule has 3 heteroatoms. The van der Waals surface area contributed by atoms with Crippen molar-refractivity contribution in [2.45, 2.75) is 19.8 Å². The molecule has 0 aliphatic heterocycles. The van der Waals surface area contributed by atoms with Crippen molar-refractivity contribution in [2.24, 2.45) is 5.92 Å². The summed E-state index contributed by atoms with van der Waals surface area (Å²) in [4.78, 5) is 10.6. The molecule has 1 unspecified atom stereocenters. The van der Waals surface area contributed by atoms with Crippen LogP contribution in [0.5, 0.6) is 0 Å². The van der Waals surface area contributed by atoms with Crippen molar-refractivity contribution in [3.05, 3.63) is 35.4 Å². The van der Waals surface area contributed by atoms with E-state index in [9.17, 15) is 9.18 Å². The minimum absolute atomic E-state index is 0.356. The molecule has 1 rings (SSSR count). The minimum atomic E-state index is -0.789. The number of carboxylic acids is 1. The van der Waals surface area contributed by atoms with E-state index in [4.69, 9.17) is 5.11 Å². The van der Waals surface area contributed by atoms with Gasteiger partial charge in [-0.15, -0.1) is 0 Å². The van der Waals surface area contributed by atoms with E-state index in [1.54, 1.807) is 6.92 Å². The van der Waals surface area contributed by atoms with Crippen LogP contribution >= 0.6 is 0 Å². The lowest BCUT2D eigenvalue weighted by Crippen LogP contribution is -2.12. The van der Waals surface area contributed by atoms with Crippen molar-refractivity contribution in [3.8, 4) is 0 Å². The standard InChI is InChI=1S/C12H15FO2/c1-9(12(14)15)8-11-4-2-10(3-5-11)6-7-13/h2-5,9H,6-8H2,1H3,(H,14,15). The topological polar surface area (TPSA) is 37.3 Å². The lowest BCUT2D eigenvalue weighted by molar-refractivity contribution is -0.141. The van der Waals surface area contributed by atoms with Gasteiger partial charge in [0.2, 0.25) is 0 Å². The van der Waals surface area contributed by atoms with Crippen molar-refractivity contribution in [3.63, 3.8) is 0 Å². The lowest BCUT2D eigenvalue weighted by Gasteiger charge is -2.06. The maximum absolute atomic E-state index is 12.0. The largest absolute Gasteiger partial charge is 0.481 e. The Morgan fingerprint density at radius 2 is 1.87 bits per heavy atom. The molecule has 1 N–H and O–H groups in total. The molecule has 1 aromatic carbocycles. The Hall–Kier alpha value is -1.38. The Kier molecular flexibility index (Phi) is 4.28. The molecule has 1 aromatic rings. The zero-order valence-electron chi connectivity index (χ0n) is 8.74. The number of carboxylic acid groups (broad SMARTS) is 1. The van der Waals surface area contributed by atoms with E-state index >= 15 is 0 Å². The molecule has 0 saturated carbocycles. The number of hydrogen-bond acceptors (Lipinski definition) is 1. The van der Waals surface area contributed by atoms with Crippen LogP contribution in [0.2, 0.25) is 0 Å². The van der Waals surface area contributed by atoms with Crippen LogP contribution in [0.3, 0.4) is 0 Å². The molecule has 0 amide bonds. The summed E-state index contributed by atoms with van der Waals surface area (Å²) in [6, 6.07) is 7.43. The predicted molar refractivity (Wildman–Crippen MR) is 56.6 cm³/mol. The van der Waals surface area contributed by atoms with Crippen molar-refractivity contribution >= 4 is 5.97 Å². The second-order valence-corrected chi connectivity index (χ2v) is 3.70. The molecule has 0 radical (unpaired) electrons. The third-order valence-electron chi connectivity index (χ3n) is 2.37. The van der Waals surface area contributed by atoms with Crippen LogP contribution in [0.15, 0.2) is 24.3 Å². The molecule has 0 spiro atoms. The molecule has 2 nitrogen and oxygen atoms in total. The summed E-state index contributed by atoms with van der Waals surface area (Å²) in [6.07, 6.45) is 0.944. The fraction of sp³-hybridized carbons (Fsp3) is 0.417. The number of rotatable bonds is 5. The first-order valence-corrected chi connectivity index (χ1v) is 5.00. The molecule has 0 saturated heterocycles. The zero-order valence-corrected chi connectivity index (χ0v) is 8.74. The maximum atomic E-state index is 12.0. The van der Waals surface area contributed by atoms with Crippen LogP contribution < -0.4 is 0 Å². The van der Waals surface area contributed by atoms with Crippen molar-refractivity contribution < 1.29 is 14.3 Å². The van der Waals surface area contributed by atoms with Gasteiger partial charge < -0.3 is 5.11 Å². The maximum Gasteiger partial charge on any atom is 0.306 e. The van der Waals surface area contributed by atoms with Crippen molar-refractivity contribution in [2.75, 3.05) is 6.67 Å². The van der Waals surface area contributed by atoms with Gasteiger partial charge in [0.05, 0.1) is 12.6 Å². The first kappa shape index (κ1) is 11.7. The van der Waals surface area contributed by atoms with Gasteiger partial charge in [-0.2, -0.15) is 0 Å². The Morgan fingerprint density at radius 1 is 1.33 bits per heavy atom. The SMILES string of the molecule is CC(Cc1ccc(CCF)cc1)C(=O)O. The van der Waals surface area contributed by atoms with E-state index in [1.807, 2.05) is 24.3 Å². The van der Waals surface area contributed by atoms with E-state index in [2.05, 4.69) is 0 Å². The van der Waals surface area contributed by atoms with Crippen LogP contribution in [-0.4, -0.2) is 17.8 Å². The number of alkyl halides is 1. The number of benzene rings is 1. The van der Waals surface area contributed by atoms with Gasteiger partial charge in [-0.25, -0.2) is 0 Å². The number of aryl methyl sites for hydroxylation is 1. The van der Waals surface area contributed by atoms with Crippen molar-refractivity contribution in [1.82, 2.24) is 0 Å². The van der Waals surface area contributed by atoms with E-state index in [0.29, 0.717) is 12.8 Å². The highest BCUT2D eigenvalue weighted by Crippen LogP contribution is 2.11. The van der Waals surface area contributed by atoms with E-state index in [-0.39, 0.29) is 12.6 Å². The third kappa shape index (κ3) is 3.70. The summed E-state index contributed by atoms with van der Waals surface area (Å²) in [6.45, 7) is 1.32. The van der Waals surface area contributed by atoms with Crippen molar-refractivity contribution in [1.29, 1.82) is 0 Å². The van der Waals surface area contributed by atoms with Gasteiger partial charge in [0.25, 0.3) is 0 Å². The molecule has 0 heterocycles. The number of carbonyl (C=O) groups is 1. The number of hydrogen-bond donors (Lipinski definition) is 1. The smallest absolute Gasteiger partial charge is 0.306 e. The molecule has 0 aliphatic carbocycles. The fourth-order valence-corrected chi connectivity index (χ4v) is 1.39. The molecule has 0 aromatic heterocycles. The summed E-state index contributed by atoms with van der Waals surface area (Å²) < 4.78 is 12.0. The van der Waals surface area contributed by atoms with Gasteiger partial charge in [0.1, 0.15) is 0 Å². The molecular weight excluding hydrogens is 195 g/mol. The summed E-state index contributed by atoms with van der Waals surface area (Å²) in [5, 5.41) is 8.73. The highest BCUT2D eigenvalue weighted by molar-refractivity contribution is 5.69. The van der Waals surface area contributed by atoms with Gasteiger partial charge >= 0.3 is 5.97 Å². The fourth-order valence-electron chi connectivity index (χ4n) is 1.39. The van der Waals surface area contributed by atoms with Gasteiger partial charge in [-0.05, 0) is 17.5 Å². The Bertz CT molecular complexity index is 319. The minimum Gasteiger partial charge on any atom is -0.481 e. The van der Waals surface area contributed by atoms with Crippen LogP contribution in [0.25, 0.3) is 0 Å². The van der Waals surface area contributed by atoms with Crippen LogP contribution in [0.1, 0.15) is 18.1 Å². The lowest BCUT2D eigenvalue weighted by atomic mass is 10.00. The Labute approximate surface area is 88.7 Å². The number of halogens is 1. The zero-order chi connectivity index (χ0) is 11.3. The third-order valence-corrected chi connectivity index (χ3v) is 2.37. The molecule has 0 fully saturated rings. The average molecular weight is 210 g/mol. The van der Waals surface area contributed by atoms with Gasteiger partial charge in [-0.1, -0.05) is 31.2 Å². The molecule has 0 aliphatic rings. The van der Waals surface area contributed by atoms with Gasteiger partial charge in [0, 0.05) is 6.42 Å². The second-order valence-electron chi connectivity index (χ2n) is 3.70. The average Bonchev–Trinajstić information content (AvgIpc) is 2.21. The predicted octanol–water partition coefficient (Wildman–Crippen LogP) is 2.46. The monoisotopic (exact) mass is 210 g/mol. The molecule has 1 atom stereocenters. The number of aliphatic carboxylic acids is 1. The highest BCUT2D eigenvalue weighted by Gasteiger charge is 2.11. The van der Waals surface area contributed by atoms with E-state index in [0.717, 1.165) is 11.1 Å². The normalized spacial score (nSPS) is 12.4. The first-order chi connectivity index (χ1) is 7.13. The molecule has 0 bridgehead atoms. The summed E-state index contributed by atoms with van der Waals surface area (Å²) in [5.41, 5.74) is 1.93.